The molecule has 5 rings (SSSR count). The molecule has 10 nitrogen and oxygen atoms in total. The molecule has 0 aromatic heterocycles. The van der Waals surface area contributed by atoms with Gasteiger partial charge in [-0.1, -0.05) is 66.7 Å². The summed E-state index contributed by atoms with van der Waals surface area (Å²) in [5.74, 6) is -0.805. The first kappa shape index (κ1) is 28.7. The average molecular weight is 571 g/mol. The van der Waals surface area contributed by atoms with Crippen LogP contribution in [0, 0.1) is 0 Å². The first-order valence-electron chi connectivity index (χ1n) is 13.9. The second-order valence-electron chi connectivity index (χ2n) is 11.2. The molecule has 2 N–H and O–H groups in total. The van der Waals surface area contributed by atoms with Crippen molar-refractivity contribution in [3.05, 3.63) is 89.6 Å². The molecule has 1 unspecified atom stereocenters. The van der Waals surface area contributed by atoms with E-state index in [9.17, 15) is 19.2 Å². The topological polar surface area (TPSA) is 117 Å². The number of nitrogens with zero attached hydrogens (tertiary/aromatic N) is 2. The maximum absolute atomic E-state index is 13.7. The number of fused-ring (bicyclic) bond motifs is 2. The maximum Gasteiger partial charge on any atom is 0.414 e. The van der Waals surface area contributed by atoms with Gasteiger partial charge < -0.3 is 25.0 Å². The molecule has 2 aliphatic heterocycles. The summed E-state index contributed by atoms with van der Waals surface area (Å²) >= 11 is 0. The van der Waals surface area contributed by atoms with Gasteiger partial charge in [-0.15, -0.1) is 0 Å². The Bertz CT molecular complexity index is 1540. The van der Waals surface area contributed by atoms with Crippen LogP contribution >= 0.6 is 0 Å². The van der Waals surface area contributed by atoms with E-state index in [4.69, 9.17) is 9.47 Å². The molecule has 0 spiro atoms. The van der Waals surface area contributed by atoms with Crippen LogP contribution in [0.1, 0.15) is 32.8 Å². The van der Waals surface area contributed by atoms with E-state index in [1.807, 2.05) is 72.8 Å². The number of rotatable bonds is 6. The minimum atomic E-state index is -0.737. The molecule has 1 saturated heterocycles. The zero-order chi connectivity index (χ0) is 29.9. The van der Waals surface area contributed by atoms with Crippen LogP contribution in [0.15, 0.2) is 84.1 Å². The smallest absolute Gasteiger partial charge is 0.414 e. The third kappa shape index (κ3) is 6.38. The molecule has 0 saturated carbocycles. The van der Waals surface area contributed by atoms with Crippen molar-refractivity contribution in [2.24, 2.45) is 0 Å². The normalized spacial score (nSPS) is 16.3. The molecule has 42 heavy (non-hydrogen) atoms. The highest BCUT2D eigenvalue weighted by Crippen LogP contribution is 2.37. The van der Waals surface area contributed by atoms with Gasteiger partial charge in [0.05, 0.1) is 23.9 Å². The summed E-state index contributed by atoms with van der Waals surface area (Å²) in [4.78, 5) is 55.5. The zero-order valence-corrected chi connectivity index (χ0v) is 23.9. The number of nitrogens with one attached hydrogen (secondary N) is 2. The maximum atomic E-state index is 13.7. The van der Waals surface area contributed by atoms with E-state index in [0.29, 0.717) is 23.4 Å². The molecular formula is C32H34N4O6. The number of carbonyl (C=O) groups is 4. The minimum absolute atomic E-state index is 0.0184. The van der Waals surface area contributed by atoms with Crippen molar-refractivity contribution in [2.45, 2.75) is 45.4 Å². The summed E-state index contributed by atoms with van der Waals surface area (Å²) in [6.07, 6.45) is -0.869. The fourth-order valence-corrected chi connectivity index (χ4v) is 5.23. The SMILES string of the molecule is CC(C)(C)OC(=O)N1CCC2C1=C(C(=O)Nc1cccc3ccccc13)CN2C(=O)CNC(=O)OCc1ccccc1. The van der Waals surface area contributed by atoms with E-state index in [0.717, 1.165) is 16.3 Å². The number of ether oxygens (including phenoxy) is 2. The van der Waals surface area contributed by atoms with Gasteiger partial charge >= 0.3 is 12.2 Å². The number of amides is 4. The molecule has 4 amide bonds. The largest absolute Gasteiger partial charge is 0.445 e. The van der Waals surface area contributed by atoms with E-state index >= 15 is 0 Å². The molecule has 0 aliphatic carbocycles. The number of benzene rings is 3. The van der Waals surface area contributed by atoms with Gasteiger partial charge in [0.2, 0.25) is 5.91 Å². The van der Waals surface area contributed by atoms with Gasteiger partial charge in [0.1, 0.15) is 18.8 Å². The number of hydrogen-bond donors (Lipinski definition) is 2. The number of anilines is 1. The van der Waals surface area contributed by atoms with Crippen LogP contribution < -0.4 is 10.6 Å². The first-order chi connectivity index (χ1) is 20.1. The molecule has 1 fully saturated rings. The molecule has 3 aromatic carbocycles. The van der Waals surface area contributed by atoms with Crippen molar-refractivity contribution in [1.82, 2.24) is 15.1 Å². The fourth-order valence-electron chi connectivity index (χ4n) is 5.23. The van der Waals surface area contributed by atoms with Crippen LogP contribution in [0.25, 0.3) is 10.8 Å². The molecule has 10 heteroatoms. The monoisotopic (exact) mass is 570 g/mol. The molecule has 0 bridgehead atoms. The second-order valence-corrected chi connectivity index (χ2v) is 11.2. The van der Waals surface area contributed by atoms with Crippen LogP contribution in [0.3, 0.4) is 0 Å². The molecule has 218 valence electrons. The van der Waals surface area contributed by atoms with Crippen LogP contribution in [-0.4, -0.2) is 65.1 Å². The number of hydrogen-bond acceptors (Lipinski definition) is 6. The third-order valence-electron chi connectivity index (χ3n) is 7.09. The Hall–Kier alpha value is -4.86. The van der Waals surface area contributed by atoms with Gasteiger partial charge in [-0.3, -0.25) is 14.5 Å². The quantitative estimate of drug-likeness (QED) is 0.439. The number of alkyl carbamates (subject to hydrolysis) is 1. The van der Waals surface area contributed by atoms with Crippen LogP contribution in [0.5, 0.6) is 0 Å². The van der Waals surface area contributed by atoms with E-state index < -0.39 is 35.6 Å². The summed E-state index contributed by atoms with van der Waals surface area (Å²) in [7, 11) is 0. The Morgan fingerprint density at radius 3 is 2.40 bits per heavy atom. The lowest BCUT2D eigenvalue weighted by Crippen LogP contribution is -2.43. The fraction of sp³-hybridized carbons (Fsp3) is 0.312. The lowest BCUT2D eigenvalue weighted by Gasteiger charge is -2.26. The highest BCUT2D eigenvalue weighted by atomic mass is 16.6. The molecular weight excluding hydrogens is 536 g/mol. The van der Waals surface area contributed by atoms with Gasteiger partial charge in [0, 0.05) is 17.6 Å². The summed E-state index contributed by atoms with van der Waals surface area (Å²) < 4.78 is 10.8. The second kappa shape index (κ2) is 11.9. The Morgan fingerprint density at radius 1 is 0.929 bits per heavy atom. The van der Waals surface area contributed by atoms with E-state index in [-0.39, 0.29) is 26.2 Å². The molecule has 2 aliphatic rings. The first-order valence-corrected chi connectivity index (χ1v) is 13.9. The Kier molecular flexibility index (Phi) is 8.15. The zero-order valence-electron chi connectivity index (χ0n) is 23.9. The van der Waals surface area contributed by atoms with Gasteiger partial charge in [-0.2, -0.15) is 0 Å². The van der Waals surface area contributed by atoms with Gasteiger partial charge in [-0.25, -0.2) is 9.59 Å². The standard InChI is InChI=1S/C32H34N4O6/c1-32(2,3)42-31(40)35-17-16-26-28(35)24(29(38)34-25-15-9-13-22-12-7-8-14-23(22)25)19-36(26)27(37)18-33-30(39)41-20-21-10-5-4-6-11-21/h4-15,26H,16-20H2,1-3H3,(H,33,39)(H,34,38). The lowest BCUT2D eigenvalue weighted by molar-refractivity contribution is -0.130. The van der Waals surface area contributed by atoms with E-state index in [1.54, 1.807) is 20.8 Å². The van der Waals surface area contributed by atoms with Crippen molar-refractivity contribution >= 4 is 40.5 Å². The number of carbonyl (C=O) groups excluding carboxylic acids is 4. The predicted octanol–water partition coefficient (Wildman–Crippen LogP) is 4.81. The Morgan fingerprint density at radius 2 is 1.64 bits per heavy atom. The van der Waals surface area contributed by atoms with Gasteiger partial charge in [-0.05, 0) is 44.2 Å². The molecule has 0 radical (unpaired) electrons. The van der Waals surface area contributed by atoms with Gasteiger partial charge in [0.15, 0.2) is 0 Å². The summed E-state index contributed by atoms with van der Waals surface area (Å²) in [5, 5.41) is 7.33. The van der Waals surface area contributed by atoms with Crippen molar-refractivity contribution in [2.75, 3.05) is 25.0 Å². The Balaban J connectivity index is 1.33. The highest BCUT2D eigenvalue weighted by molar-refractivity contribution is 6.10. The van der Waals surface area contributed by atoms with Crippen LogP contribution in [0.4, 0.5) is 15.3 Å². The average Bonchev–Trinajstić information content (AvgIpc) is 3.56. The third-order valence-corrected chi connectivity index (χ3v) is 7.09. The summed E-state index contributed by atoms with van der Waals surface area (Å²) in [6.45, 7) is 5.34. The Labute approximate surface area is 244 Å². The molecule has 2 heterocycles. The molecule has 1 atom stereocenters. The van der Waals surface area contributed by atoms with Crippen molar-refractivity contribution in [3.8, 4) is 0 Å². The highest BCUT2D eigenvalue weighted by Gasteiger charge is 2.47. The lowest BCUT2D eigenvalue weighted by atomic mass is 10.1. The van der Waals surface area contributed by atoms with Crippen molar-refractivity contribution < 1.29 is 28.7 Å². The van der Waals surface area contributed by atoms with Crippen molar-refractivity contribution in [3.63, 3.8) is 0 Å². The van der Waals surface area contributed by atoms with Crippen LogP contribution in [-0.2, 0) is 25.7 Å². The number of likely N-dealkylation sites (tertiary alicyclic amines) is 1. The summed E-state index contributed by atoms with van der Waals surface area (Å²) in [5.41, 5.74) is 1.46. The minimum Gasteiger partial charge on any atom is -0.445 e. The molecule has 3 aromatic rings. The van der Waals surface area contributed by atoms with Gasteiger partial charge in [0.25, 0.3) is 5.91 Å². The summed E-state index contributed by atoms with van der Waals surface area (Å²) in [6, 6.07) is 22.0. The van der Waals surface area contributed by atoms with E-state index in [1.165, 1.54) is 9.80 Å². The van der Waals surface area contributed by atoms with E-state index in [2.05, 4.69) is 10.6 Å². The van der Waals surface area contributed by atoms with Crippen LogP contribution in [0.2, 0.25) is 0 Å². The predicted molar refractivity (Wildman–Crippen MR) is 157 cm³/mol. The van der Waals surface area contributed by atoms with Crippen molar-refractivity contribution in [1.29, 1.82) is 0 Å².